The number of nitrogens with zero attached hydrogens (tertiary/aromatic N) is 2. The van der Waals surface area contributed by atoms with Gasteiger partial charge in [-0.3, -0.25) is 4.90 Å². The molecule has 0 saturated carbocycles. The van der Waals surface area contributed by atoms with E-state index in [2.05, 4.69) is 11.0 Å². The van der Waals surface area contributed by atoms with Gasteiger partial charge in [-0.15, -0.1) is 0 Å². The van der Waals surface area contributed by atoms with Crippen molar-refractivity contribution >= 4 is 31.8 Å². The van der Waals surface area contributed by atoms with Gasteiger partial charge >= 0.3 is 5.63 Å². The molecule has 6 nitrogen and oxygen atoms in total. The number of fused-ring (bicyclic) bond motifs is 2. The van der Waals surface area contributed by atoms with E-state index >= 15 is 0 Å². The second kappa shape index (κ2) is 8.41. The molecule has 7 heteroatoms. The van der Waals surface area contributed by atoms with Crippen LogP contribution in [0.4, 0.5) is 0 Å². The predicted octanol–water partition coefficient (Wildman–Crippen LogP) is 4.07. The third kappa shape index (κ3) is 4.19. The fourth-order valence-electron chi connectivity index (χ4n) is 4.46. The van der Waals surface area contributed by atoms with Gasteiger partial charge in [0.15, 0.2) is 0 Å². The van der Waals surface area contributed by atoms with E-state index in [0.717, 1.165) is 32.8 Å². The zero-order chi connectivity index (χ0) is 23.2. The monoisotopic (exact) mass is 462 g/mol. The van der Waals surface area contributed by atoms with Gasteiger partial charge in [-0.25, -0.2) is 13.2 Å². The van der Waals surface area contributed by atoms with Crippen molar-refractivity contribution in [3.8, 4) is 0 Å². The Morgan fingerprint density at radius 3 is 2.30 bits per heavy atom. The molecule has 0 spiro atoms. The molecule has 170 valence electrons. The van der Waals surface area contributed by atoms with Crippen molar-refractivity contribution < 1.29 is 12.8 Å². The van der Waals surface area contributed by atoms with Crippen molar-refractivity contribution in [2.45, 2.75) is 25.3 Å². The molecule has 0 bridgehead atoms. The molecule has 1 aliphatic rings. The van der Waals surface area contributed by atoms with Crippen LogP contribution >= 0.6 is 0 Å². The van der Waals surface area contributed by atoms with Gasteiger partial charge in [-0.05, 0) is 65.6 Å². The molecule has 1 fully saturated rings. The van der Waals surface area contributed by atoms with Crippen molar-refractivity contribution in [1.29, 1.82) is 0 Å². The number of aryl methyl sites for hydroxylation is 2. The third-order valence-electron chi connectivity index (χ3n) is 6.53. The average Bonchev–Trinajstić information content (AvgIpc) is 2.80. The van der Waals surface area contributed by atoms with Crippen molar-refractivity contribution in [2.75, 3.05) is 26.2 Å². The number of piperazine rings is 1. The highest BCUT2D eigenvalue weighted by molar-refractivity contribution is 7.89. The first-order chi connectivity index (χ1) is 15.8. The smallest absolute Gasteiger partial charge is 0.336 e. The van der Waals surface area contributed by atoms with E-state index < -0.39 is 10.0 Å². The molecule has 1 aromatic heterocycles. The van der Waals surface area contributed by atoms with E-state index in [4.69, 9.17) is 4.42 Å². The van der Waals surface area contributed by atoms with Gasteiger partial charge in [0.05, 0.1) is 4.90 Å². The maximum absolute atomic E-state index is 13.2. The topological polar surface area (TPSA) is 70.8 Å². The summed E-state index contributed by atoms with van der Waals surface area (Å²) in [5, 5.41) is 2.87. The Labute approximate surface area is 193 Å². The van der Waals surface area contributed by atoms with Gasteiger partial charge in [0.25, 0.3) is 0 Å². The molecule has 4 aromatic rings. The maximum atomic E-state index is 13.2. The molecule has 3 aromatic carbocycles. The Hall–Kier alpha value is -3.00. The van der Waals surface area contributed by atoms with Crippen LogP contribution in [0.15, 0.2) is 74.8 Å². The first kappa shape index (κ1) is 21.8. The largest absolute Gasteiger partial charge is 0.423 e. The fourth-order valence-corrected chi connectivity index (χ4v) is 5.92. The van der Waals surface area contributed by atoms with Crippen LogP contribution in [0.1, 0.15) is 16.7 Å². The maximum Gasteiger partial charge on any atom is 0.336 e. The first-order valence-electron chi connectivity index (χ1n) is 11.1. The molecule has 0 radical (unpaired) electrons. The Morgan fingerprint density at radius 1 is 0.848 bits per heavy atom. The number of hydrogen-bond acceptors (Lipinski definition) is 5. The molecule has 0 aliphatic carbocycles. The predicted molar refractivity (Wildman–Crippen MR) is 130 cm³/mol. The van der Waals surface area contributed by atoms with E-state index in [9.17, 15) is 13.2 Å². The van der Waals surface area contributed by atoms with Crippen molar-refractivity contribution in [3.05, 3.63) is 87.8 Å². The van der Waals surface area contributed by atoms with Gasteiger partial charge in [-0.1, -0.05) is 30.3 Å². The fraction of sp³-hybridized carbons (Fsp3) is 0.269. The van der Waals surface area contributed by atoms with Crippen LogP contribution in [0.5, 0.6) is 0 Å². The normalized spacial score (nSPS) is 15.9. The van der Waals surface area contributed by atoms with Crippen LogP contribution in [0.2, 0.25) is 0 Å². The first-order valence-corrected chi connectivity index (χ1v) is 12.5. The molecule has 2 heterocycles. The lowest BCUT2D eigenvalue weighted by Gasteiger charge is -2.34. The van der Waals surface area contributed by atoms with Gasteiger partial charge in [0.1, 0.15) is 5.58 Å². The molecular weight excluding hydrogens is 436 g/mol. The van der Waals surface area contributed by atoms with Crippen molar-refractivity contribution in [3.63, 3.8) is 0 Å². The highest BCUT2D eigenvalue weighted by Gasteiger charge is 2.29. The number of hydrogen-bond donors (Lipinski definition) is 0. The number of benzene rings is 3. The number of rotatable bonds is 4. The molecule has 0 atom stereocenters. The van der Waals surface area contributed by atoms with Gasteiger partial charge in [0, 0.05) is 44.2 Å². The van der Waals surface area contributed by atoms with Gasteiger partial charge in [0.2, 0.25) is 10.0 Å². The summed E-state index contributed by atoms with van der Waals surface area (Å²) < 4.78 is 33.4. The summed E-state index contributed by atoms with van der Waals surface area (Å²) >= 11 is 0. The molecule has 1 saturated heterocycles. The Morgan fingerprint density at radius 2 is 1.55 bits per heavy atom. The highest BCUT2D eigenvalue weighted by Crippen LogP contribution is 2.25. The lowest BCUT2D eigenvalue weighted by molar-refractivity contribution is 0.182. The van der Waals surface area contributed by atoms with E-state index in [1.165, 1.54) is 0 Å². The van der Waals surface area contributed by atoms with Crippen LogP contribution in [0.25, 0.3) is 21.7 Å². The van der Waals surface area contributed by atoms with Gasteiger partial charge in [-0.2, -0.15) is 4.31 Å². The van der Waals surface area contributed by atoms with Crippen molar-refractivity contribution in [1.82, 2.24) is 9.21 Å². The molecule has 0 unspecified atom stereocenters. The minimum absolute atomic E-state index is 0.326. The third-order valence-corrected chi connectivity index (χ3v) is 8.42. The zero-order valence-electron chi connectivity index (χ0n) is 18.7. The molecule has 0 N–H and O–H groups in total. The number of sulfonamides is 1. The lowest BCUT2D eigenvalue weighted by atomic mass is 10.0. The zero-order valence-corrected chi connectivity index (χ0v) is 19.6. The van der Waals surface area contributed by atoms with Crippen LogP contribution in [-0.4, -0.2) is 43.8 Å². The van der Waals surface area contributed by atoms with Crippen LogP contribution in [-0.2, 0) is 16.6 Å². The van der Waals surface area contributed by atoms with Crippen LogP contribution in [0.3, 0.4) is 0 Å². The van der Waals surface area contributed by atoms with Crippen molar-refractivity contribution in [2.24, 2.45) is 0 Å². The summed E-state index contributed by atoms with van der Waals surface area (Å²) in [6, 6.07) is 18.6. The minimum atomic E-state index is -3.56. The summed E-state index contributed by atoms with van der Waals surface area (Å²) in [7, 11) is -3.56. The Bertz CT molecular complexity index is 1520. The van der Waals surface area contributed by atoms with Crippen LogP contribution < -0.4 is 5.63 Å². The summed E-state index contributed by atoms with van der Waals surface area (Å²) in [6.45, 7) is 6.63. The molecule has 5 rings (SSSR count). The highest BCUT2D eigenvalue weighted by atomic mass is 32.2. The molecule has 1 aliphatic heterocycles. The molecule has 0 amide bonds. The van der Waals surface area contributed by atoms with E-state index in [1.807, 2.05) is 50.2 Å². The Balaban J connectivity index is 1.34. The quantitative estimate of drug-likeness (QED) is 0.428. The Kier molecular flexibility index (Phi) is 5.56. The minimum Gasteiger partial charge on any atom is -0.423 e. The van der Waals surface area contributed by atoms with E-state index in [0.29, 0.717) is 43.2 Å². The second-order valence-electron chi connectivity index (χ2n) is 8.71. The van der Waals surface area contributed by atoms with E-state index in [-0.39, 0.29) is 5.63 Å². The average molecular weight is 463 g/mol. The lowest BCUT2D eigenvalue weighted by Crippen LogP contribution is -2.48. The van der Waals surface area contributed by atoms with E-state index in [1.54, 1.807) is 22.5 Å². The standard InChI is InChI=1S/C26H26N2O4S/c1-18-13-24-22(16-26(29)32-25(24)14-19(18)2)17-27-9-11-28(12-10-27)33(30,31)23-8-7-20-5-3-4-6-21(20)15-23/h3-8,13-16H,9-12,17H2,1-2H3. The van der Waals surface area contributed by atoms with Gasteiger partial charge < -0.3 is 4.42 Å². The summed E-state index contributed by atoms with van der Waals surface area (Å²) in [4.78, 5) is 14.6. The molecular formula is C26H26N2O4S. The summed E-state index contributed by atoms with van der Waals surface area (Å²) in [6.07, 6.45) is 0. The second-order valence-corrected chi connectivity index (χ2v) is 10.7. The summed E-state index contributed by atoms with van der Waals surface area (Å²) in [5.74, 6) is 0. The van der Waals surface area contributed by atoms with Crippen LogP contribution in [0, 0.1) is 13.8 Å². The summed E-state index contributed by atoms with van der Waals surface area (Å²) in [5.41, 5.74) is 3.37. The molecule has 33 heavy (non-hydrogen) atoms. The SMILES string of the molecule is Cc1cc2oc(=O)cc(CN3CCN(S(=O)(=O)c4ccc5ccccc5c4)CC3)c2cc1C.